The van der Waals surface area contributed by atoms with Crippen molar-refractivity contribution in [2.45, 2.75) is 0 Å². The maximum Gasteiger partial charge on any atom is 0.256 e. The largest absolute Gasteiger partial charge is 0.322 e. The van der Waals surface area contributed by atoms with E-state index in [0.717, 1.165) is 24.7 Å². The van der Waals surface area contributed by atoms with Gasteiger partial charge in [0.05, 0.1) is 9.35 Å². The van der Waals surface area contributed by atoms with Crippen molar-refractivity contribution in [1.29, 1.82) is 0 Å². The van der Waals surface area contributed by atoms with E-state index in [2.05, 4.69) is 43.2 Å². The van der Waals surface area contributed by atoms with Gasteiger partial charge in [0.15, 0.2) is 0 Å². The average molecular weight is 411 g/mol. The maximum atomic E-state index is 12.1. The Morgan fingerprint density at radius 2 is 1.75 bits per heavy atom. The van der Waals surface area contributed by atoms with Crippen LogP contribution in [0.4, 0.5) is 5.69 Å². The van der Waals surface area contributed by atoms with E-state index in [1.54, 1.807) is 0 Å². The van der Waals surface area contributed by atoms with Crippen molar-refractivity contribution < 1.29 is 4.79 Å². The highest BCUT2D eigenvalue weighted by Crippen LogP contribution is 2.24. The lowest BCUT2D eigenvalue weighted by atomic mass is 10.1. The van der Waals surface area contributed by atoms with Gasteiger partial charge in [0, 0.05) is 15.5 Å². The van der Waals surface area contributed by atoms with Crippen molar-refractivity contribution in [2.24, 2.45) is 0 Å². The molecule has 0 unspecified atom stereocenters. The van der Waals surface area contributed by atoms with Gasteiger partial charge in [0.2, 0.25) is 0 Å². The zero-order valence-corrected chi connectivity index (χ0v) is 14.2. The number of thiophene rings is 1. The topological polar surface area (TPSA) is 29.1 Å². The normalized spacial score (nSPS) is 10.7. The summed E-state index contributed by atoms with van der Waals surface area (Å²) < 4.78 is 2.00. The van der Waals surface area contributed by atoms with Gasteiger partial charge in [-0.3, -0.25) is 4.79 Å². The van der Waals surface area contributed by atoms with Gasteiger partial charge < -0.3 is 5.32 Å². The minimum absolute atomic E-state index is 0.0941. The monoisotopic (exact) mass is 409 g/mol. The molecule has 0 aliphatic carbocycles. The number of hydrogen-bond acceptors (Lipinski definition) is 2. The lowest BCUT2D eigenvalue weighted by Gasteiger charge is -2.06. The van der Waals surface area contributed by atoms with Crippen molar-refractivity contribution >= 4 is 65.6 Å². The third kappa shape index (κ3) is 2.95. The molecule has 2 aromatic carbocycles. The predicted molar refractivity (Wildman–Crippen MR) is 91.6 cm³/mol. The molecule has 3 rings (SSSR count). The summed E-state index contributed by atoms with van der Waals surface area (Å²) in [6.45, 7) is 0. The third-order valence-corrected chi connectivity index (χ3v) is 4.89. The minimum Gasteiger partial charge on any atom is -0.322 e. The summed E-state index contributed by atoms with van der Waals surface area (Å²) in [5.41, 5.74) is 1.46. The summed E-state index contributed by atoms with van der Waals surface area (Å²) >= 11 is 8.31. The van der Waals surface area contributed by atoms with Crippen molar-refractivity contribution in [1.82, 2.24) is 0 Å². The van der Waals surface area contributed by atoms with Gasteiger partial charge in [-0.1, -0.05) is 28.1 Å². The predicted octanol–water partition coefficient (Wildman–Crippen LogP) is 5.68. The average Bonchev–Trinajstić information content (AvgIpc) is 2.86. The highest BCUT2D eigenvalue weighted by atomic mass is 79.9. The summed E-state index contributed by atoms with van der Waals surface area (Å²) in [4.78, 5) is 12.1. The van der Waals surface area contributed by atoms with Crippen LogP contribution in [0.25, 0.3) is 10.8 Å². The molecule has 0 fully saturated rings. The first-order valence-corrected chi connectivity index (χ1v) is 8.33. The Balaban J connectivity index is 1.87. The molecular weight excluding hydrogens is 402 g/mol. The smallest absolute Gasteiger partial charge is 0.256 e. The molecule has 0 bridgehead atoms. The second-order valence-corrected chi connectivity index (χ2v) is 7.51. The first-order chi connectivity index (χ1) is 9.61. The third-order valence-electron chi connectivity index (χ3n) is 2.89. The van der Waals surface area contributed by atoms with Gasteiger partial charge in [-0.2, -0.15) is 0 Å². The molecule has 3 aromatic rings. The fourth-order valence-corrected chi connectivity index (χ4v) is 3.44. The van der Waals surface area contributed by atoms with Gasteiger partial charge >= 0.3 is 0 Å². The van der Waals surface area contributed by atoms with Crippen LogP contribution in [0.3, 0.4) is 0 Å². The van der Waals surface area contributed by atoms with Crippen molar-refractivity contribution in [3.05, 3.63) is 61.7 Å². The van der Waals surface area contributed by atoms with E-state index in [1.807, 2.05) is 41.8 Å². The van der Waals surface area contributed by atoms with Crippen molar-refractivity contribution in [3.63, 3.8) is 0 Å². The molecule has 0 saturated heterocycles. The fraction of sp³-hybridized carbons (Fsp3) is 0. The number of benzene rings is 2. The van der Waals surface area contributed by atoms with Gasteiger partial charge in [0.1, 0.15) is 0 Å². The summed E-state index contributed by atoms with van der Waals surface area (Å²) in [5.74, 6) is -0.0941. The Kier molecular flexibility index (Phi) is 3.92. The molecule has 0 saturated carbocycles. The number of carbonyl (C=O) groups excluding carboxylic acids is 1. The zero-order valence-electron chi connectivity index (χ0n) is 10.2. The Morgan fingerprint density at radius 1 is 1.00 bits per heavy atom. The molecule has 0 spiro atoms. The Labute approximate surface area is 137 Å². The quantitative estimate of drug-likeness (QED) is 0.578. The molecule has 0 atom stereocenters. The lowest BCUT2D eigenvalue weighted by molar-refractivity contribution is 0.102. The second kappa shape index (κ2) is 5.68. The Hall–Kier alpha value is -1.17. The number of amides is 1. The van der Waals surface area contributed by atoms with Crippen LogP contribution in [0, 0.1) is 0 Å². The number of anilines is 1. The molecule has 0 radical (unpaired) electrons. The number of carbonyl (C=O) groups is 1. The summed E-state index contributed by atoms with van der Waals surface area (Å²) in [5, 5.41) is 6.97. The minimum atomic E-state index is -0.0941. The van der Waals surface area contributed by atoms with Gasteiger partial charge in [-0.05, 0) is 57.0 Å². The highest BCUT2D eigenvalue weighted by Gasteiger charge is 2.08. The summed E-state index contributed by atoms with van der Waals surface area (Å²) in [7, 11) is 0. The standard InChI is InChI=1S/C15H9Br2NOS/c16-12-3-1-10-6-13(4-2-9(10)5-12)18-15(19)11-7-14(17)20-8-11/h1-8H,(H,18,19). The molecule has 2 nitrogen and oxygen atoms in total. The molecule has 0 aliphatic heterocycles. The van der Waals surface area contributed by atoms with E-state index in [0.29, 0.717) is 5.56 Å². The van der Waals surface area contributed by atoms with E-state index in [4.69, 9.17) is 0 Å². The molecule has 5 heteroatoms. The second-order valence-electron chi connectivity index (χ2n) is 4.30. The lowest BCUT2D eigenvalue weighted by Crippen LogP contribution is -2.10. The van der Waals surface area contributed by atoms with Gasteiger partial charge in [-0.15, -0.1) is 11.3 Å². The number of nitrogens with one attached hydrogen (secondary N) is 1. The Bertz CT molecular complexity index is 797. The number of fused-ring (bicyclic) bond motifs is 1. The van der Waals surface area contributed by atoms with E-state index >= 15 is 0 Å². The zero-order chi connectivity index (χ0) is 14.1. The first-order valence-electron chi connectivity index (χ1n) is 5.86. The molecule has 0 aliphatic rings. The van der Waals surface area contributed by atoms with Crippen LogP contribution in [0.5, 0.6) is 0 Å². The van der Waals surface area contributed by atoms with E-state index < -0.39 is 0 Å². The summed E-state index contributed by atoms with van der Waals surface area (Å²) in [6, 6.07) is 13.8. The fourth-order valence-electron chi connectivity index (χ4n) is 1.93. The van der Waals surface area contributed by atoms with Crippen molar-refractivity contribution in [3.8, 4) is 0 Å². The molecule has 20 heavy (non-hydrogen) atoms. The van der Waals surface area contributed by atoms with Gasteiger partial charge in [0.25, 0.3) is 5.91 Å². The van der Waals surface area contributed by atoms with Crippen LogP contribution in [0.1, 0.15) is 10.4 Å². The Morgan fingerprint density at radius 3 is 2.50 bits per heavy atom. The molecule has 1 amide bonds. The van der Waals surface area contributed by atoms with Crippen LogP contribution >= 0.6 is 43.2 Å². The van der Waals surface area contributed by atoms with E-state index in [9.17, 15) is 4.79 Å². The molecule has 100 valence electrons. The molecule has 1 N–H and O–H groups in total. The van der Waals surface area contributed by atoms with Crippen LogP contribution in [0.15, 0.2) is 56.1 Å². The SMILES string of the molecule is O=C(Nc1ccc2cc(Br)ccc2c1)c1csc(Br)c1. The molecular formula is C15H9Br2NOS. The molecule has 1 heterocycles. The van der Waals surface area contributed by atoms with Crippen LogP contribution in [-0.4, -0.2) is 5.91 Å². The maximum absolute atomic E-state index is 12.1. The van der Waals surface area contributed by atoms with Crippen LogP contribution < -0.4 is 5.32 Å². The van der Waals surface area contributed by atoms with Crippen molar-refractivity contribution in [2.75, 3.05) is 5.32 Å². The van der Waals surface area contributed by atoms with Gasteiger partial charge in [-0.25, -0.2) is 0 Å². The number of rotatable bonds is 2. The number of hydrogen-bond donors (Lipinski definition) is 1. The van der Waals surface area contributed by atoms with Crippen LogP contribution in [-0.2, 0) is 0 Å². The molecule has 1 aromatic heterocycles. The number of halogens is 2. The highest BCUT2D eigenvalue weighted by molar-refractivity contribution is 9.11. The summed E-state index contributed by atoms with van der Waals surface area (Å²) in [6.07, 6.45) is 0. The first kappa shape index (κ1) is 13.8. The van der Waals surface area contributed by atoms with Crippen LogP contribution in [0.2, 0.25) is 0 Å². The van der Waals surface area contributed by atoms with E-state index in [-0.39, 0.29) is 5.91 Å². The van der Waals surface area contributed by atoms with E-state index in [1.165, 1.54) is 11.3 Å².